The molecule has 1 unspecified atom stereocenters. The Hall–Kier alpha value is -2.28. The highest BCUT2D eigenvalue weighted by molar-refractivity contribution is 6.30. The van der Waals surface area contributed by atoms with Crippen molar-refractivity contribution in [1.29, 1.82) is 0 Å². The normalized spacial score (nSPS) is 33.1. The first-order chi connectivity index (χ1) is 17.8. The summed E-state index contributed by atoms with van der Waals surface area (Å²) in [6.07, 6.45) is 6.58. The molecule has 1 saturated heterocycles. The van der Waals surface area contributed by atoms with Crippen LogP contribution in [0.25, 0.3) is 0 Å². The summed E-state index contributed by atoms with van der Waals surface area (Å²) < 4.78 is 12.8. The van der Waals surface area contributed by atoms with Crippen LogP contribution in [0.5, 0.6) is 5.75 Å². The van der Waals surface area contributed by atoms with Crippen molar-refractivity contribution in [2.24, 2.45) is 11.8 Å². The zero-order valence-corrected chi connectivity index (χ0v) is 22.1. The molecule has 2 aliphatic heterocycles. The first kappa shape index (κ1) is 25.0. The van der Waals surface area contributed by atoms with Gasteiger partial charge in [-0.15, -0.1) is 0 Å². The van der Waals surface area contributed by atoms with E-state index < -0.39 is 5.97 Å². The van der Waals surface area contributed by atoms with Crippen molar-refractivity contribution in [3.63, 3.8) is 0 Å². The number of aromatic carboxylic acids is 1. The number of hydrogen-bond donors (Lipinski definition) is 2. The van der Waals surface area contributed by atoms with Crippen molar-refractivity contribution in [1.82, 2.24) is 0 Å². The third kappa shape index (κ3) is 4.73. The van der Waals surface area contributed by atoms with Crippen molar-refractivity contribution in [3.8, 4) is 5.75 Å². The van der Waals surface area contributed by atoms with Gasteiger partial charge < -0.3 is 24.6 Å². The van der Waals surface area contributed by atoms with Crippen LogP contribution in [-0.4, -0.2) is 54.2 Å². The predicted octanol–water partition coefficient (Wildman–Crippen LogP) is 5.47. The lowest BCUT2D eigenvalue weighted by Gasteiger charge is -2.48. The number of hydrogen-bond acceptors (Lipinski definition) is 5. The standard InChI is InChI=1S/C30H36ClNO5/c1-18-11-23(33)14-28(37-18)24-7-4-21(24)15-32-16-30(10-2-3-19-12-22(31)6-8-25(19)30)17-36-27-9-5-20(29(34)35)13-26(27)32/h5-6,8-9,12-13,18,21,23-24,28,33H,2-4,7,10-11,14-17H2,1H3,(H,34,35)/t18-,21+,23-,24-,28-,30?/m1/s1. The Morgan fingerprint density at radius 3 is 2.81 bits per heavy atom. The minimum absolute atomic E-state index is 0.0780. The van der Waals surface area contributed by atoms with Crippen molar-refractivity contribution in [2.75, 3.05) is 24.6 Å². The molecule has 2 aliphatic carbocycles. The van der Waals surface area contributed by atoms with Gasteiger partial charge in [0.2, 0.25) is 0 Å². The number of ether oxygens (including phenoxy) is 2. The Labute approximate surface area is 223 Å². The molecule has 2 N–H and O–H groups in total. The fourth-order valence-corrected chi connectivity index (χ4v) is 7.47. The van der Waals surface area contributed by atoms with Crippen LogP contribution in [-0.2, 0) is 16.6 Å². The number of fused-ring (bicyclic) bond motifs is 3. The lowest BCUT2D eigenvalue weighted by atomic mass is 9.67. The number of aryl methyl sites for hydroxylation is 1. The molecule has 0 aromatic heterocycles. The van der Waals surface area contributed by atoms with Gasteiger partial charge in [0.05, 0.1) is 36.2 Å². The quantitative estimate of drug-likeness (QED) is 0.551. The highest BCUT2D eigenvalue weighted by Gasteiger charge is 2.45. The van der Waals surface area contributed by atoms with Gasteiger partial charge in [0, 0.05) is 23.5 Å². The summed E-state index contributed by atoms with van der Waals surface area (Å²) in [6.45, 7) is 4.20. The minimum Gasteiger partial charge on any atom is -0.490 e. The predicted molar refractivity (Wildman–Crippen MR) is 143 cm³/mol. The second kappa shape index (κ2) is 9.79. The number of aliphatic hydroxyl groups excluding tert-OH is 1. The topological polar surface area (TPSA) is 79.2 Å². The number of anilines is 1. The lowest BCUT2D eigenvalue weighted by Crippen LogP contribution is -2.51. The molecule has 37 heavy (non-hydrogen) atoms. The van der Waals surface area contributed by atoms with Gasteiger partial charge in [0.15, 0.2) is 0 Å². The number of carboxylic acids is 1. The van der Waals surface area contributed by atoms with Gasteiger partial charge in [-0.25, -0.2) is 4.79 Å². The lowest BCUT2D eigenvalue weighted by molar-refractivity contribution is -0.135. The average Bonchev–Trinajstić information content (AvgIpc) is 2.98. The van der Waals surface area contributed by atoms with Crippen molar-refractivity contribution >= 4 is 23.3 Å². The molecule has 2 aromatic rings. The fourth-order valence-electron chi connectivity index (χ4n) is 7.27. The molecule has 1 spiro atoms. The third-order valence-corrected chi connectivity index (χ3v) is 9.44. The van der Waals surface area contributed by atoms with Crippen LogP contribution in [0.4, 0.5) is 5.69 Å². The summed E-state index contributed by atoms with van der Waals surface area (Å²) in [7, 11) is 0. The molecular weight excluding hydrogens is 490 g/mol. The molecule has 6 rings (SSSR count). The van der Waals surface area contributed by atoms with E-state index in [-0.39, 0.29) is 29.3 Å². The van der Waals surface area contributed by atoms with E-state index in [1.807, 2.05) is 12.1 Å². The zero-order chi connectivity index (χ0) is 25.7. The monoisotopic (exact) mass is 525 g/mol. The van der Waals surface area contributed by atoms with Gasteiger partial charge in [-0.3, -0.25) is 0 Å². The van der Waals surface area contributed by atoms with E-state index in [2.05, 4.69) is 24.0 Å². The van der Waals surface area contributed by atoms with Crippen molar-refractivity contribution in [3.05, 3.63) is 58.1 Å². The van der Waals surface area contributed by atoms with E-state index in [1.165, 1.54) is 11.1 Å². The molecule has 6 atom stereocenters. The van der Waals surface area contributed by atoms with E-state index in [0.717, 1.165) is 61.7 Å². The summed E-state index contributed by atoms with van der Waals surface area (Å²) in [5, 5.41) is 20.9. The van der Waals surface area contributed by atoms with Crippen LogP contribution in [0.1, 0.15) is 66.9 Å². The molecule has 4 aliphatic rings. The number of aliphatic hydroxyl groups is 1. The third-order valence-electron chi connectivity index (χ3n) is 9.21. The van der Waals surface area contributed by atoms with Gasteiger partial charge in [-0.05, 0) is 105 Å². The molecule has 2 fully saturated rings. The summed E-state index contributed by atoms with van der Waals surface area (Å²) in [5.74, 6) is 0.643. The fraction of sp³-hybridized carbons (Fsp3) is 0.567. The maximum atomic E-state index is 11.9. The van der Waals surface area contributed by atoms with E-state index in [4.69, 9.17) is 21.1 Å². The molecule has 0 radical (unpaired) electrons. The Balaban J connectivity index is 1.34. The molecule has 6 nitrogen and oxygen atoms in total. The smallest absolute Gasteiger partial charge is 0.335 e. The Bertz CT molecular complexity index is 1180. The summed E-state index contributed by atoms with van der Waals surface area (Å²) in [6, 6.07) is 11.5. The molecule has 1 saturated carbocycles. The Morgan fingerprint density at radius 1 is 1.19 bits per heavy atom. The number of carboxylic acid groups (broad SMARTS) is 1. The van der Waals surface area contributed by atoms with Crippen LogP contribution in [0.3, 0.4) is 0 Å². The average molecular weight is 526 g/mol. The molecule has 7 heteroatoms. The number of rotatable bonds is 4. The van der Waals surface area contributed by atoms with E-state index in [9.17, 15) is 15.0 Å². The Morgan fingerprint density at radius 2 is 2.05 bits per heavy atom. The summed E-state index contributed by atoms with van der Waals surface area (Å²) >= 11 is 6.36. The minimum atomic E-state index is -0.931. The van der Waals surface area contributed by atoms with Crippen LogP contribution in [0.15, 0.2) is 36.4 Å². The second-order valence-corrected chi connectivity index (χ2v) is 12.1. The van der Waals surface area contributed by atoms with Crippen molar-refractivity contribution in [2.45, 2.75) is 75.6 Å². The summed E-state index contributed by atoms with van der Waals surface area (Å²) in [4.78, 5) is 14.3. The number of halogens is 1. The molecule has 2 aromatic carbocycles. The van der Waals surface area contributed by atoms with Gasteiger partial charge in [-0.2, -0.15) is 0 Å². The highest BCUT2D eigenvalue weighted by Crippen LogP contribution is 2.47. The van der Waals surface area contributed by atoms with Gasteiger partial charge in [0.1, 0.15) is 5.75 Å². The summed E-state index contributed by atoms with van der Waals surface area (Å²) in [5.41, 5.74) is 3.54. The maximum Gasteiger partial charge on any atom is 0.335 e. The Kier molecular flexibility index (Phi) is 6.62. The first-order valence-electron chi connectivity index (χ1n) is 13.7. The maximum absolute atomic E-state index is 11.9. The zero-order valence-electron chi connectivity index (χ0n) is 21.4. The largest absolute Gasteiger partial charge is 0.490 e. The van der Waals surface area contributed by atoms with Gasteiger partial charge >= 0.3 is 5.97 Å². The molecule has 198 valence electrons. The van der Waals surface area contributed by atoms with E-state index >= 15 is 0 Å². The van der Waals surface area contributed by atoms with Gasteiger partial charge in [0.25, 0.3) is 0 Å². The number of benzene rings is 2. The van der Waals surface area contributed by atoms with Crippen LogP contribution < -0.4 is 9.64 Å². The number of carbonyl (C=O) groups is 1. The van der Waals surface area contributed by atoms with Crippen LogP contribution >= 0.6 is 11.6 Å². The van der Waals surface area contributed by atoms with E-state index in [1.54, 1.807) is 12.1 Å². The van der Waals surface area contributed by atoms with Gasteiger partial charge in [-0.1, -0.05) is 17.7 Å². The highest BCUT2D eigenvalue weighted by atomic mass is 35.5. The number of nitrogens with zero attached hydrogens (tertiary/aromatic N) is 1. The van der Waals surface area contributed by atoms with Crippen molar-refractivity contribution < 1.29 is 24.5 Å². The molecule has 0 bridgehead atoms. The molecule has 0 amide bonds. The molecule has 2 heterocycles. The van der Waals surface area contributed by atoms with E-state index in [0.29, 0.717) is 31.3 Å². The first-order valence-corrected chi connectivity index (χ1v) is 14.1. The second-order valence-electron chi connectivity index (χ2n) is 11.7. The SMILES string of the molecule is C[C@@H]1C[C@@H](O)C[C@H]([C@@H]2CC[C@H]2CN2CC3(CCCc4cc(Cl)ccc43)COc3ccc(C(=O)O)cc32)O1. The van der Waals surface area contributed by atoms with Crippen LogP contribution in [0.2, 0.25) is 5.02 Å². The molecular formula is C30H36ClNO5. The van der Waals surface area contributed by atoms with Crippen LogP contribution in [0, 0.1) is 11.8 Å².